The molecule has 154 valence electrons. The van der Waals surface area contributed by atoms with Crippen LogP contribution in [0.3, 0.4) is 0 Å². The third-order valence-corrected chi connectivity index (χ3v) is 4.72. The van der Waals surface area contributed by atoms with Crippen LogP contribution in [-0.2, 0) is 11.2 Å². The highest BCUT2D eigenvalue weighted by Gasteiger charge is 2.39. The van der Waals surface area contributed by atoms with Crippen LogP contribution in [0.15, 0.2) is 29.3 Å². The number of aromatic nitrogens is 4. The molecule has 1 unspecified atom stereocenters. The Balaban J connectivity index is 1.99. The van der Waals surface area contributed by atoms with E-state index < -0.39 is 18.3 Å². The van der Waals surface area contributed by atoms with Gasteiger partial charge in [0.1, 0.15) is 12.0 Å². The van der Waals surface area contributed by atoms with Crippen LogP contribution in [0.2, 0.25) is 0 Å². The summed E-state index contributed by atoms with van der Waals surface area (Å²) in [6.07, 6.45) is -3.34. The molecule has 1 atom stereocenters. The van der Waals surface area contributed by atoms with Gasteiger partial charge in [0.05, 0.1) is 16.9 Å². The summed E-state index contributed by atoms with van der Waals surface area (Å²) in [6.45, 7) is 3.37. The van der Waals surface area contributed by atoms with E-state index in [2.05, 4.69) is 20.1 Å². The van der Waals surface area contributed by atoms with Crippen LogP contribution in [0.25, 0.3) is 11.5 Å². The minimum absolute atomic E-state index is 0.0955. The number of benzene rings is 1. The van der Waals surface area contributed by atoms with Crippen molar-refractivity contribution in [2.75, 3.05) is 6.54 Å². The summed E-state index contributed by atoms with van der Waals surface area (Å²) < 4.78 is 59.7. The molecule has 11 heteroatoms. The van der Waals surface area contributed by atoms with E-state index in [0.29, 0.717) is 28.9 Å². The molecule has 0 saturated heterocycles. The van der Waals surface area contributed by atoms with E-state index in [9.17, 15) is 22.4 Å². The van der Waals surface area contributed by atoms with Crippen molar-refractivity contribution in [2.24, 2.45) is 0 Å². The number of ether oxygens (including phenoxy) is 1. The Morgan fingerprint density at radius 3 is 2.52 bits per heavy atom. The summed E-state index contributed by atoms with van der Waals surface area (Å²) in [5.41, 5.74) is 1.03. The van der Waals surface area contributed by atoms with Crippen LogP contribution >= 0.6 is 0 Å². The summed E-state index contributed by atoms with van der Waals surface area (Å²) in [7, 11) is 0. The molecular weight excluding hydrogens is 394 g/mol. The molecule has 0 aliphatic carbocycles. The molecule has 2 N–H and O–H groups in total. The third kappa shape index (κ3) is 3.47. The van der Waals surface area contributed by atoms with Gasteiger partial charge in [-0.25, -0.2) is 13.9 Å². The summed E-state index contributed by atoms with van der Waals surface area (Å²) >= 11 is 0. The number of imidazole rings is 1. The Kier molecular flexibility index (Phi) is 4.58. The predicted molar refractivity (Wildman–Crippen MR) is 94.5 cm³/mol. The van der Waals surface area contributed by atoms with E-state index in [0.717, 1.165) is 4.57 Å². The number of fused-ring (bicyclic) bond motifs is 1. The van der Waals surface area contributed by atoms with Crippen molar-refractivity contribution in [3.8, 4) is 11.5 Å². The molecule has 2 aromatic heterocycles. The van der Waals surface area contributed by atoms with E-state index in [4.69, 9.17) is 0 Å². The smallest absolute Gasteiger partial charge is 0.312 e. The number of halogens is 4. The lowest BCUT2D eigenvalue weighted by atomic mass is 10.1. The molecule has 0 saturated carbocycles. The fourth-order valence-corrected chi connectivity index (χ4v) is 3.52. The number of hydrogen-bond donors (Lipinski definition) is 2. The van der Waals surface area contributed by atoms with E-state index in [1.54, 1.807) is 13.8 Å². The summed E-state index contributed by atoms with van der Waals surface area (Å²) in [5, 5.41) is 7.11. The fraction of sp³-hybridized carbons (Fsp3) is 0.333. The number of hydrogen-bond acceptors (Lipinski definition) is 4. The van der Waals surface area contributed by atoms with Gasteiger partial charge < -0.3 is 4.98 Å². The van der Waals surface area contributed by atoms with Crippen molar-refractivity contribution >= 4 is 0 Å². The molecule has 0 amide bonds. The van der Waals surface area contributed by atoms with Crippen molar-refractivity contribution < 1.29 is 22.3 Å². The van der Waals surface area contributed by atoms with Crippen molar-refractivity contribution in [3.63, 3.8) is 0 Å². The molecule has 0 radical (unpaired) electrons. The summed E-state index contributed by atoms with van der Waals surface area (Å²) in [4.78, 5) is 14.7. The van der Waals surface area contributed by atoms with Crippen LogP contribution in [0.1, 0.15) is 28.6 Å². The minimum atomic E-state index is -4.89. The lowest BCUT2D eigenvalue weighted by Crippen LogP contribution is -2.36. The van der Waals surface area contributed by atoms with Crippen molar-refractivity contribution in [1.29, 1.82) is 0 Å². The van der Waals surface area contributed by atoms with Gasteiger partial charge >= 0.3 is 12.1 Å². The molecule has 3 aromatic rings. The predicted octanol–water partition coefficient (Wildman–Crippen LogP) is 2.79. The number of alkyl halides is 3. The number of H-pyrrole nitrogens is 1. The first-order valence-electron chi connectivity index (χ1n) is 8.79. The van der Waals surface area contributed by atoms with Crippen LogP contribution in [0.4, 0.5) is 17.6 Å². The van der Waals surface area contributed by atoms with Crippen LogP contribution in [0, 0.1) is 19.7 Å². The molecule has 3 heterocycles. The van der Waals surface area contributed by atoms with Crippen molar-refractivity contribution in [3.05, 3.63) is 63.2 Å². The summed E-state index contributed by atoms with van der Waals surface area (Å²) in [6, 6.07) is 3.05. The summed E-state index contributed by atoms with van der Waals surface area (Å²) in [5.74, 6) is -0.288. The topological polar surface area (TPSA) is 76.9 Å². The van der Waals surface area contributed by atoms with Gasteiger partial charge in [0, 0.05) is 25.4 Å². The first kappa shape index (κ1) is 19.4. The molecular formula is C18H17F4N5O2. The first-order chi connectivity index (χ1) is 13.7. The van der Waals surface area contributed by atoms with Gasteiger partial charge in [0.2, 0.25) is 0 Å². The lowest BCUT2D eigenvalue weighted by Gasteiger charge is -2.25. The average Bonchev–Trinajstić information content (AvgIpc) is 3.21. The van der Waals surface area contributed by atoms with Crippen LogP contribution in [-0.4, -0.2) is 32.2 Å². The second kappa shape index (κ2) is 6.85. The van der Waals surface area contributed by atoms with Crippen LogP contribution < -0.4 is 11.0 Å². The normalized spacial score (nSPS) is 16.8. The van der Waals surface area contributed by atoms with E-state index in [1.807, 2.05) is 0 Å². The average molecular weight is 411 g/mol. The Morgan fingerprint density at radius 2 is 1.93 bits per heavy atom. The van der Waals surface area contributed by atoms with Crippen molar-refractivity contribution in [1.82, 2.24) is 24.6 Å². The van der Waals surface area contributed by atoms with Gasteiger partial charge in [-0.2, -0.15) is 5.10 Å². The standard InChI is InChI=1S/C18H17F4N5O2/c1-9-7-11(8-10(2)14(9)19)27-16(26-6-5-24-17(26)28)13-12(25-27)3-4-23-15(13)29-18(20,21)22/h5-8,15,23H,3-4H2,1-2H3,(H,24,28). The Bertz CT molecular complexity index is 1110. The van der Waals surface area contributed by atoms with Gasteiger partial charge in [0.15, 0.2) is 5.82 Å². The largest absolute Gasteiger partial charge is 0.524 e. The van der Waals surface area contributed by atoms with E-state index in [1.165, 1.54) is 29.2 Å². The molecule has 1 aliphatic heterocycles. The number of rotatable bonds is 3. The maximum absolute atomic E-state index is 14.1. The minimum Gasteiger partial charge on any atom is -0.312 e. The van der Waals surface area contributed by atoms with Gasteiger partial charge in [-0.15, -0.1) is 13.2 Å². The molecule has 1 aromatic carbocycles. The molecule has 0 fully saturated rings. The highest BCUT2D eigenvalue weighted by Crippen LogP contribution is 2.35. The zero-order valence-electron chi connectivity index (χ0n) is 15.5. The second-order valence-electron chi connectivity index (χ2n) is 6.77. The number of nitrogens with one attached hydrogen (secondary N) is 2. The van der Waals surface area contributed by atoms with Crippen molar-refractivity contribution in [2.45, 2.75) is 32.9 Å². The number of nitrogens with zero attached hydrogens (tertiary/aromatic N) is 3. The van der Waals surface area contributed by atoms with Crippen LogP contribution in [0.5, 0.6) is 0 Å². The SMILES string of the molecule is Cc1cc(-n2nc3c(c2-n2cc[nH]c2=O)C(OC(F)(F)F)NCC3)cc(C)c1F. The zero-order valence-corrected chi connectivity index (χ0v) is 15.5. The third-order valence-electron chi connectivity index (χ3n) is 4.72. The lowest BCUT2D eigenvalue weighted by molar-refractivity contribution is -0.349. The van der Waals surface area contributed by atoms with Gasteiger partial charge in [0.25, 0.3) is 0 Å². The number of aromatic amines is 1. The highest BCUT2D eigenvalue weighted by atomic mass is 19.4. The zero-order chi connectivity index (χ0) is 20.9. The van der Waals surface area contributed by atoms with Gasteiger partial charge in [-0.1, -0.05) is 0 Å². The maximum Gasteiger partial charge on any atom is 0.524 e. The molecule has 0 bridgehead atoms. The molecule has 4 rings (SSSR count). The molecule has 7 nitrogen and oxygen atoms in total. The molecule has 1 aliphatic rings. The maximum atomic E-state index is 14.1. The fourth-order valence-electron chi connectivity index (χ4n) is 3.52. The Labute approximate surface area is 161 Å². The number of aryl methyl sites for hydroxylation is 2. The van der Waals surface area contributed by atoms with E-state index in [-0.39, 0.29) is 23.7 Å². The second-order valence-corrected chi connectivity index (χ2v) is 6.77. The quantitative estimate of drug-likeness (QED) is 0.650. The monoisotopic (exact) mass is 411 g/mol. The van der Waals surface area contributed by atoms with Gasteiger partial charge in [-0.05, 0) is 37.1 Å². The first-order valence-corrected chi connectivity index (χ1v) is 8.79. The Hall–Kier alpha value is -2.92. The van der Waals surface area contributed by atoms with E-state index >= 15 is 0 Å². The van der Waals surface area contributed by atoms with Gasteiger partial charge in [-0.3, -0.25) is 14.6 Å². The molecule has 29 heavy (non-hydrogen) atoms. The molecule has 0 spiro atoms. The highest BCUT2D eigenvalue weighted by molar-refractivity contribution is 5.50. The Morgan fingerprint density at radius 1 is 1.24 bits per heavy atom.